The van der Waals surface area contributed by atoms with Gasteiger partial charge >= 0.3 is 0 Å². The van der Waals surface area contributed by atoms with E-state index in [4.69, 9.17) is 4.42 Å². The highest BCUT2D eigenvalue weighted by atomic mass is 16.4. The Bertz CT molecular complexity index is 851. The Morgan fingerprint density at radius 1 is 0.962 bits per heavy atom. The first kappa shape index (κ1) is 20.9. The maximum Gasteiger partial charge on any atom is 0.227 e. The number of oxazole rings is 1. The average molecular weight is 345 g/mol. The molecule has 0 saturated carbocycles. The van der Waals surface area contributed by atoms with Crippen LogP contribution < -0.4 is 0 Å². The molecule has 2 heteroatoms. The van der Waals surface area contributed by atoms with Crippen molar-refractivity contribution in [2.24, 2.45) is 0 Å². The van der Waals surface area contributed by atoms with Crippen LogP contribution in [0.2, 0.25) is 0 Å². The van der Waals surface area contributed by atoms with Gasteiger partial charge in [-0.1, -0.05) is 69.4 Å². The third-order valence-corrected chi connectivity index (χ3v) is 3.95. The van der Waals surface area contributed by atoms with E-state index in [1.165, 1.54) is 0 Å². The Labute approximate surface area is 157 Å². The fourth-order valence-corrected chi connectivity index (χ4v) is 2.42. The summed E-state index contributed by atoms with van der Waals surface area (Å²) in [5.41, 5.74) is 5.27. The van der Waals surface area contributed by atoms with E-state index in [0.29, 0.717) is 17.3 Å². The zero-order valence-corrected chi connectivity index (χ0v) is 16.0. The van der Waals surface area contributed by atoms with Crippen molar-refractivity contribution < 1.29 is 4.42 Å². The Morgan fingerprint density at radius 3 is 2.08 bits per heavy atom. The SMILES string of the molecule is C=C/C=C\C(=C/C)c1nc(C=C)c(C(/C(C=C)=C(/C)C=C)=C(\C)C=C)o1. The predicted octanol–water partition coefficient (Wildman–Crippen LogP) is 7.11. The topological polar surface area (TPSA) is 26.0 Å². The summed E-state index contributed by atoms with van der Waals surface area (Å²) in [5, 5.41) is 0. The summed E-state index contributed by atoms with van der Waals surface area (Å²) in [4.78, 5) is 4.60. The molecule has 0 aliphatic rings. The lowest BCUT2D eigenvalue weighted by Crippen LogP contribution is -1.94. The van der Waals surface area contributed by atoms with Gasteiger partial charge in [0.05, 0.1) is 0 Å². The zero-order chi connectivity index (χ0) is 19.7. The number of nitrogens with zero attached hydrogens (tertiary/aromatic N) is 1. The Kier molecular flexibility index (Phi) is 8.04. The van der Waals surface area contributed by atoms with Crippen LogP contribution in [0.3, 0.4) is 0 Å². The van der Waals surface area contributed by atoms with Crippen LogP contribution in [0.25, 0.3) is 17.2 Å². The van der Waals surface area contributed by atoms with E-state index in [1.54, 1.807) is 30.4 Å². The maximum absolute atomic E-state index is 6.16. The van der Waals surface area contributed by atoms with E-state index in [1.807, 2.05) is 39.0 Å². The molecule has 0 spiro atoms. The second-order valence-corrected chi connectivity index (χ2v) is 5.54. The number of hydrogen-bond acceptors (Lipinski definition) is 2. The highest BCUT2D eigenvalue weighted by Crippen LogP contribution is 2.35. The molecule has 2 nitrogen and oxygen atoms in total. The molecular formula is C24H27NO. The number of hydrogen-bond donors (Lipinski definition) is 0. The van der Waals surface area contributed by atoms with Crippen LogP contribution in [-0.2, 0) is 0 Å². The van der Waals surface area contributed by atoms with Gasteiger partial charge in [-0.05, 0) is 49.6 Å². The maximum atomic E-state index is 6.16. The molecule has 134 valence electrons. The van der Waals surface area contributed by atoms with Gasteiger partial charge in [0.2, 0.25) is 5.89 Å². The molecule has 26 heavy (non-hydrogen) atoms. The molecule has 1 aromatic heterocycles. The fourth-order valence-electron chi connectivity index (χ4n) is 2.42. The molecule has 0 bridgehead atoms. The van der Waals surface area contributed by atoms with E-state index in [2.05, 4.69) is 37.9 Å². The minimum absolute atomic E-state index is 0.518. The molecule has 0 saturated heterocycles. The molecular weight excluding hydrogens is 318 g/mol. The van der Waals surface area contributed by atoms with Gasteiger partial charge in [-0.2, -0.15) is 0 Å². The molecule has 0 amide bonds. The highest BCUT2D eigenvalue weighted by molar-refractivity contribution is 5.87. The van der Waals surface area contributed by atoms with Crippen LogP contribution in [0.15, 0.2) is 96.6 Å². The standard InChI is InChI=1S/C24H27NO/c1-9-15-16-19(12-4)24-25-21(14-6)23(26-24)22(18(8)11-3)20(13-5)17(7)10-2/h9-16H,1-3,5-6H2,4,7-8H3/b16-15-,19-12+,20-17-,22-18+. The molecule has 0 fully saturated rings. The van der Waals surface area contributed by atoms with Gasteiger partial charge in [-0.3, -0.25) is 0 Å². The van der Waals surface area contributed by atoms with Crippen molar-refractivity contribution in [3.05, 3.63) is 109 Å². The Morgan fingerprint density at radius 2 is 1.62 bits per heavy atom. The lowest BCUT2D eigenvalue weighted by molar-refractivity contribution is 0.530. The van der Waals surface area contributed by atoms with Crippen LogP contribution in [0.5, 0.6) is 0 Å². The summed E-state index contributed by atoms with van der Waals surface area (Å²) >= 11 is 0. The molecule has 0 radical (unpaired) electrons. The first-order chi connectivity index (χ1) is 12.5. The predicted molar refractivity (Wildman–Crippen MR) is 115 cm³/mol. The third-order valence-electron chi connectivity index (χ3n) is 3.95. The minimum Gasteiger partial charge on any atom is -0.435 e. The largest absolute Gasteiger partial charge is 0.435 e. The van der Waals surface area contributed by atoms with Crippen molar-refractivity contribution in [1.82, 2.24) is 4.98 Å². The monoisotopic (exact) mass is 345 g/mol. The fraction of sp³-hybridized carbons (Fsp3) is 0.125. The lowest BCUT2D eigenvalue weighted by atomic mass is 9.93. The van der Waals surface area contributed by atoms with Gasteiger partial charge < -0.3 is 4.42 Å². The van der Waals surface area contributed by atoms with Crippen molar-refractivity contribution in [2.45, 2.75) is 20.8 Å². The van der Waals surface area contributed by atoms with Crippen molar-refractivity contribution >= 4 is 17.2 Å². The normalized spacial score (nSPS) is 13.7. The molecule has 1 rings (SSSR count). The molecule has 0 aliphatic heterocycles. The van der Waals surface area contributed by atoms with Crippen molar-refractivity contribution in [3.8, 4) is 0 Å². The summed E-state index contributed by atoms with van der Waals surface area (Å²) < 4.78 is 6.16. The first-order valence-corrected chi connectivity index (χ1v) is 8.37. The zero-order valence-electron chi connectivity index (χ0n) is 16.0. The van der Waals surface area contributed by atoms with Gasteiger partial charge in [0.25, 0.3) is 0 Å². The van der Waals surface area contributed by atoms with Crippen LogP contribution in [-0.4, -0.2) is 4.98 Å². The van der Waals surface area contributed by atoms with E-state index < -0.39 is 0 Å². The summed E-state index contributed by atoms with van der Waals surface area (Å²) in [6.07, 6.45) is 14.5. The van der Waals surface area contributed by atoms with Crippen LogP contribution in [0.4, 0.5) is 0 Å². The highest BCUT2D eigenvalue weighted by Gasteiger charge is 2.20. The lowest BCUT2D eigenvalue weighted by Gasteiger charge is -2.12. The van der Waals surface area contributed by atoms with Crippen LogP contribution in [0.1, 0.15) is 38.1 Å². The van der Waals surface area contributed by atoms with Crippen LogP contribution >= 0.6 is 0 Å². The minimum atomic E-state index is 0.518. The third kappa shape index (κ3) is 4.48. The van der Waals surface area contributed by atoms with E-state index in [0.717, 1.165) is 27.9 Å². The summed E-state index contributed by atoms with van der Waals surface area (Å²) in [6, 6.07) is 0. The van der Waals surface area contributed by atoms with E-state index >= 15 is 0 Å². The molecule has 0 aromatic carbocycles. The quantitative estimate of drug-likeness (QED) is 0.446. The summed E-state index contributed by atoms with van der Waals surface area (Å²) in [6.45, 7) is 25.2. The van der Waals surface area contributed by atoms with Crippen molar-refractivity contribution in [1.29, 1.82) is 0 Å². The number of aromatic nitrogens is 1. The first-order valence-electron chi connectivity index (χ1n) is 8.37. The molecule has 0 aliphatic carbocycles. The summed E-state index contributed by atoms with van der Waals surface area (Å²) in [5.74, 6) is 1.15. The van der Waals surface area contributed by atoms with Gasteiger partial charge in [0.1, 0.15) is 5.69 Å². The van der Waals surface area contributed by atoms with Gasteiger partial charge in [0, 0.05) is 11.1 Å². The molecule has 1 heterocycles. The number of rotatable bonds is 9. The van der Waals surface area contributed by atoms with Crippen molar-refractivity contribution in [2.75, 3.05) is 0 Å². The van der Waals surface area contributed by atoms with E-state index in [9.17, 15) is 0 Å². The van der Waals surface area contributed by atoms with Crippen LogP contribution in [0, 0.1) is 0 Å². The van der Waals surface area contributed by atoms with Gasteiger partial charge in [-0.15, -0.1) is 0 Å². The van der Waals surface area contributed by atoms with Gasteiger partial charge in [-0.25, -0.2) is 4.98 Å². The van der Waals surface area contributed by atoms with Gasteiger partial charge in [0.15, 0.2) is 5.76 Å². The average Bonchev–Trinajstić information content (AvgIpc) is 3.08. The summed E-state index contributed by atoms with van der Waals surface area (Å²) in [7, 11) is 0. The second kappa shape index (κ2) is 10.00. The molecule has 1 aromatic rings. The van der Waals surface area contributed by atoms with Crippen molar-refractivity contribution in [3.63, 3.8) is 0 Å². The Hall–Kier alpha value is -3.13. The number of allylic oxidation sites excluding steroid dienone is 12. The second-order valence-electron chi connectivity index (χ2n) is 5.54. The molecule has 0 unspecified atom stereocenters. The smallest absolute Gasteiger partial charge is 0.227 e. The van der Waals surface area contributed by atoms with E-state index in [-0.39, 0.29) is 0 Å². The molecule has 0 atom stereocenters. The molecule has 0 N–H and O–H groups in total. The Balaban J connectivity index is 3.80.